The summed E-state index contributed by atoms with van der Waals surface area (Å²) in [5.74, 6) is 0. The minimum absolute atomic E-state index is 0. The first kappa shape index (κ1) is 19.2. The molecule has 0 aromatic carbocycles. The van der Waals surface area contributed by atoms with Gasteiger partial charge in [0, 0.05) is 57.1 Å². The van der Waals surface area contributed by atoms with Gasteiger partial charge in [-0.3, -0.25) is 4.98 Å². The Hall–Kier alpha value is -3.73. The summed E-state index contributed by atoms with van der Waals surface area (Å²) in [4.78, 5) is 20.6. The molecule has 150 valence electrons. The van der Waals surface area contributed by atoms with Gasteiger partial charge in [0.1, 0.15) is 0 Å². The van der Waals surface area contributed by atoms with Gasteiger partial charge in [0.15, 0.2) is 0 Å². The van der Waals surface area contributed by atoms with E-state index in [1.54, 1.807) is 0 Å². The van der Waals surface area contributed by atoms with Crippen LogP contribution in [0.2, 0.25) is 0 Å². The Balaban J connectivity index is 0.00000204. The number of aromatic nitrogens is 5. The van der Waals surface area contributed by atoms with Crippen LogP contribution in [0, 0.1) is 0 Å². The van der Waals surface area contributed by atoms with Crippen molar-refractivity contribution in [2.75, 3.05) is 0 Å². The van der Waals surface area contributed by atoms with Crippen molar-refractivity contribution in [3.8, 4) is 11.1 Å². The zero-order chi connectivity index (χ0) is 19.9. The third-order valence-corrected chi connectivity index (χ3v) is 5.16. The monoisotopic (exact) mass is 443 g/mol. The number of H-pyrrole nitrogens is 2. The van der Waals surface area contributed by atoms with Gasteiger partial charge in [0.05, 0.1) is 22.8 Å². The van der Waals surface area contributed by atoms with Crippen molar-refractivity contribution in [2.45, 2.75) is 0 Å². The summed E-state index contributed by atoms with van der Waals surface area (Å²) in [5.41, 5.74) is 9.88. The van der Waals surface area contributed by atoms with E-state index < -0.39 is 0 Å². The molecule has 0 radical (unpaired) electrons. The minimum atomic E-state index is 0. The first-order valence-electron chi connectivity index (χ1n) is 9.77. The van der Waals surface area contributed by atoms with E-state index in [1.807, 2.05) is 61.0 Å². The summed E-state index contributed by atoms with van der Waals surface area (Å²) in [5, 5.41) is 0. The van der Waals surface area contributed by atoms with E-state index in [1.165, 1.54) is 0 Å². The van der Waals surface area contributed by atoms with Gasteiger partial charge in [-0.25, -0.2) is 9.97 Å². The van der Waals surface area contributed by atoms with Crippen molar-refractivity contribution in [1.82, 2.24) is 24.9 Å². The number of pyridine rings is 1. The van der Waals surface area contributed by atoms with E-state index in [4.69, 9.17) is 9.97 Å². The molecule has 0 amide bonds. The van der Waals surface area contributed by atoms with E-state index in [2.05, 4.69) is 45.3 Å². The van der Waals surface area contributed by atoms with E-state index in [-0.39, 0.29) is 17.1 Å². The van der Waals surface area contributed by atoms with Gasteiger partial charge in [0.25, 0.3) is 0 Å². The Labute approximate surface area is 189 Å². The molecule has 8 bridgehead atoms. The summed E-state index contributed by atoms with van der Waals surface area (Å²) >= 11 is 0. The van der Waals surface area contributed by atoms with Crippen LogP contribution in [-0.2, 0) is 17.1 Å². The number of rotatable bonds is 1. The zero-order valence-electron chi connectivity index (χ0n) is 16.4. The van der Waals surface area contributed by atoms with Crippen LogP contribution in [0.25, 0.3) is 57.5 Å². The molecule has 4 aromatic heterocycles. The molecule has 0 saturated heterocycles. The molecule has 0 fully saturated rings. The Morgan fingerprint density at radius 3 is 1.71 bits per heavy atom. The molecule has 0 saturated carbocycles. The number of hydrogen-bond donors (Lipinski definition) is 2. The summed E-state index contributed by atoms with van der Waals surface area (Å²) in [6.45, 7) is 0. The smallest absolute Gasteiger partial charge is 0.0658 e. The average molecular weight is 443 g/mol. The molecule has 6 heteroatoms. The molecule has 31 heavy (non-hydrogen) atoms. The molecule has 6 rings (SSSR count). The Morgan fingerprint density at radius 2 is 1.10 bits per heavy atom. The van der Waals surface area contributed by atoms with Crippen LogP contribution >= 0.6 is 0 Å². The average Bonchev–Trinajstić information content (AvgIpc) is 3.53. The largest absolute Gasteiger partial charge is 0.355 e. The number of nitrogens with one attached hydrogen (secondary N) is 2. The van der Waals surface area contributed by atoms with Crippen LogP contribution in [0.1, 0.15) is 22.8 Å². The topological polar surface area (TPSA) is 70.2 Å². The van der Waals surface area contributed by atoms with Gasteiger partial charge in [-0.1, -0.05) is 0 Å². The fraction of sp³-hybridized carbons (Fsp3) is 0. The van der Waals surface area contributed by atoms with Crippen LogP contribution in [0.5, 0.6) is 0 Å². The maximum Gasteiger partial charge on any atom is 0.0658 e. The SMILES string of the molecule is C1=Cc2cc3cc(-c4ccncc4)c(cc4nc(cc5ccc(cc1n2)[nH]5)C=C4)[nH]3.[Fe]. The predicted molar refractivity (Wildman–Crippen MR) is 122 cm³/mol. The van der Waals surface area contributed by atoms with Gasteiger partial charge in [0.2, 0.25) is 0 Å². The van der Waals surface area contributed by atoms with E-state index >= 15 is 0 Å². The molecule has 0 aliphatic carbocycles. The summed E-state index contributed by atoms with van der Waals surface area (Å²) < 4.78 is 0. The number of hydrogen-bond acceptors (Lipinski definition) is 3. The molecule has 4 aromatic rings. The number of fused-ring (bicyclic) bond motifs is 8. The standard InChI is InChI=1S/C25H17N5.Fe/c1-2-18-12-20-5-6-22(29-20)15-25-24(16-7-9-26-10-8-16)14-23(30-25)13-21-4-3-19(28-21)11-17(1)27-18;/h1-15,27,30H;. The second-order valence-electron chi connectivity index (χ2n) is 7.32. The van der Waals surface area contributed by atoms with E-state index in [9.17, 15) is 0 Å². The Kier molecular flexibility index (Phi) is 4.86. The fourth-order valence-electron chi connectivity index (χ4n) is 3.79. The second kappa shape index (κ2) is 7.84. The molecular formula is C25H17FeN5. The van der Waals surface area contributed by atoms with Gasteiger partial charge >= 0.3 is 0 Å². The molecule has 0 unspecified atom stereocenters. The zero-order valence-corrected chi connectivity index (χ0v) is 17.5. The first-order chi connectivity index (χ1) is 14.8. The Bertz CT molecular complexity index is 1490. The van der Waals surface area contributed by atoms with Crippen molar-refractivity contribution < 1.29 is 17.1 Å². The fourth-order valence-corrected chi connectivity index (χ4v) is 3.79. The van der Waals surface area contributed by atoms with Crippen molar-refractivity contribution >= 4 is 46.4 Å². The van der Waals surface area contributed by atoms with Crippen LogP contribution < -0.4 is 0 Å². The van der Waals surface area contributed by atoms with Crippen molar-refractivity contribution in [3.63, 3.8) is 0 Å². The molecule has 2 aliphatic heterocycles. The second-order valence-corrected chi connectivity index (χ2v) is 7.32. The van der Waals surface area contributed by atoms with Gasteiger partial charge in [-0.2, -0.15) is 0 Å². The third kappa shape index (κ3) is 3.87. The molecule has 5 nitrogen and oxygen atoms in total. The van der Waals surface area contributed by atoms with Gasteiger partial charge < -0.3 is 9.97 Å². The Morgan fingerprint density at radius 1 is 0.548 bits per heavy atom. The molecular weight excluding hydrogens is 426 g/mol. The van der Waals surface area contributed by atoms with Gasteiger partial charge in [-0.05, 0) is 84.5 Å². The minimum Gasteiger partial charge on any atom is -0.355 e. The summed E-state index contributed by atoms with van der Waals surface area (Å²) in [7, 11) is 0. The quantitative estimate of drug-likeness (QED) is 0.320. The molecule has 2 N–H and O–H groups in total. The van der Waals surface area contributed by atoms with E-state index in [0.29, 0.717) is 0 Å². The predicted octanol–water partition coefficient (Wildman–Crippen LogP) is 5.72. The normalized spacial score (nSPS) is 12.0. The van der Waals surface area contributed by atoms with Crippen LogP contribution in [-0.4, -0.2) is 24.9 Å². The first-order valence-corrected chi connectivity index (χ1v) is 9.77. The molecule has 0 spiro atoms. The van der Waals surface area contributed by atoms with Gasteiger partial charge in [-0.15, -0.1) is 0 Å². The molecule has 2 aliphatic rings. The van der Waals surface area contributed by atoms with Crippen LogP contribution in [0.4, 0.5) is 0 Å². The van der Waals surface area contributed by atoms with Crippen LogP contribution in [0.15, 0.2) is 67.0 Å². The number of nitrogens with zero attached hydrogens (tertiary/aromatic N) is 3. The summed E-state index contributed by atoms with van der Waals surface area (Å²) in [6, 6.07) is 18.5. The van der Waals surface area contributed by atoms with E-state index in [0.717, 1.165) is 56.0 Å². The van der Waals surface area contributed by atoms with Crippen LogP contribution in [0.3, 0.4) is 0 Å². The maximum absolute atomic E-state index is 4.76. The van der Waals surface area contributed by atoms with Crippen molar-refractivity contribution in [2.24, 2.45) is 0 Å². The third-order valence-electron chi connectivity index (χ3n) is 5.16. The molecule has 0 atom stereocenters. The van der Waals surface area contributed by atoms with Crippen molar-refractivity contribution in [1.29, 1.82) is 0 Å². The molecule has 6 heterocycles. The maximum atomic E-state index is 4.76. The van der Waals surface area contributed by atoms with Crippen molar-refractivity contribution in [3.05, 3.63) is 89.8 Å². The number of aromatic amines is 2. The summed E-state index contributed by atoms with van der Waals surface area (Å²) in [6.07, 6.45) is 11.7.